The summed E-state index contributed by atoms with van der Waals surface area (Å²) in [7, 11) is 3.53. The number of hydrogen-bond donors (Lipinski definition) is 1. The van der Waals surface area contributed by atoms with Crippen molar-refractivity contribution in [3.8, 4) is 17.0 Å². The summed E-state index contributed by atoms with van der Waals surface area (Å²) in [6.07, 6.45) is 1.96. The second-order valence-corrected chi connectivity index (χ2v) is 3.59. The second kappa shape index (κ2) is 4.81. The minimum absolute atomic E-state index is 0. The van der Waals surface area contributed by atoms with Crippen molar-refractivity contribution in [1.82, 2.24) is 15.9 Å². The molecule has 0 aliphatic heterocycles. The smallest absolute Gasteiger partial charge is 0.240 e. The Morgan fingerprint density at radius 2 is 1.81 bits per heavy atom. The molecular weight excluding hydrogens is 202 g/mol. The number of aromatic nitrogens is 2. The average molecular weight is 219 g/mol. The van der Waals surface area contributed by atoms with E-state index in [1.54, 1.807) is 11.8 Å². The molecule has 0 aliphatic carbocycles. The van der Waals surface area contributed by atoms with Crippen LogP contribution in [0.3, 0.4) is 0 Å². The van der Waals surface area contributed by atoms with E-state index in [-0.39, 0.29) is 6.15 Å². The van der Waals surface area contributed by atoms with Gasteiger partial charge in [-0.15, -0.1) is 5.10 Å². The molecule has 1 aromatic heterocycles. The highest BCUT2D eigenvalue weighted by molar-refractivity contribution is 5.68. The summed E-state index contributed by atoms with van der Waals surface area (Å²) in [5, 5.41) is 4.22. The van der Waals surface area contributed by atoms with E-state index in [0.29, 0.717) is 5.88 Å². The number of benzene rings is 1. The summed E-state index contributed by atoms with van der Waals surface area (Å²) >= 11 is 0. The summed E-state index contributed by atoms with van der Waals surface area (Å²) < 4.78 is 6.98. The zero-order valence-corrected chi connectivity index (χ0v) is 9.90. The van der Waals surface area contributed by atoms with Crippen LogP contribution in [-0.2, 0) is 7.05 Å². The third-order valence-electron chi connectivity index (χ3n) is 2.35. The highest BCUT2D eigenvalue weighted by Gasteiger charge is 2.09. The molecule has 2 aromatic rings. The normalized spacial score (nSPS) is 9.69. The van der Waals surface area contributed by atoms with Gasteiger partial charge in [-0.05, 0) is 12.5 Å². The summed E-state index contributed by atoms with van der Waals surface area (Å²) in [6, 6.07) is 8.33. The van der Waals surface area contributed by atoms with Crippen molar-refractivity contribution in [2.24, 2.45) is 7.05 Å². The zero-order chi connectivity index (χ0) is 10.8. The van der Waals surface area contributed by atoms with E-state index in [4.69, 9.17) is 4.74 Å². The molecule has 0 spiro atoms. The first kappa shape index (κ1) is 12.3. The number of ether oxygens (including phenoxy) is 1. The van der Waals surface area contributed by atoms with Crippen LogP contribution in [0.25, 0.3) is 11.1 Å². The lowest BCUT2D eigenvalue weighted by atomic mass is 10.1. The van der Waals surface area contributed by atoms with Crippen LogP contribution in [0.4, 0.5) is 0 Å². The van der Waals surface area contributed by atoms with Crippen molar-refractivity contribution >= 4 is 0 Å². The van der Waals surface area contributed by atoms with E-state index < -0.39 is 0 Å². The van der Waals surface area contributed by atoms with Crippen molar-refractivity contribution in [2.45, 2.75) is 6.92 Å². The summed E-state index contributed by atoms with van der Waals surface area (Å²) in [6.45, 7) is 2.07. The van der Waals surface area contributed by atoms with Crippen molar-refractivity contribution < 1.29 is 4.74 Å². The molecule has 0 saturated heterocycles. The lowest BCUT2D eigenvalue weighted by molar-refractivity contribution is 0.393. The number of nitrogens with zero attached hydrogens (tertiary/aromatic N) is 2. The van der Waals surface area contributed by atoms with E-state index in [0.717, 1.165) is 11.1 Å². The maximum absolute atomic E-state index is 5.22. The van der Waals surface area contributed by atoms with E-state index >= 15 is 0 Å². The summed E-state index contributed by atoms with van der Waals surface area (Å²) in [5.74, 6) is 0.668. The Hall–Kier alpha value is -1.81. The topological polar surface area (TPSA) is 62.0 Å². The van der Waals surface area contributed by atoms with Gasteiger partial charge in [0.15, 0.2) is 0 Å². The molecule has 86 valence electrons. The summed E-state index contributed by atoms with van der Waals surface area (Å²) in [4.78, 5) is 0. The second-order valence-electron chi connectivity index (χ2n) is 3.59. The van der Waals surface area contributed by atoms with Crippen LogP contribution in [0.1, 0.15) is 5.56 Å². The highest BCUT2D eigenvalue weighted by atomic mass is 16.5. The maximum atomic E-state index is 5.22. The maximum Gasteiger partial charge on any atom is 0.240 e. The SMILES string of the molecule is COc1nn(C)cc1-c1ccc(C)cc1.N. The zero-order valence-electron chi connectivity index (χ0n) is 9.90. The number of methoxy groups -OCH3 is 1. The van der Waals surface area contributed by atoms with Crippen molar-refractivity contribution in [3.63, 3.8) is 0 Å². The van der Waals surface area contributed by atoms with Crippen LogP contribution in [0, 0.1) is 6.92 Å². The number of hydrogen-bond acceptors (Lipinski definition) is 3. The molecule has 0 amide bonds. The fourth-order valence-corrected chi connectivity index (χ4v) is 1.55. The predicted octanol–water partition coefficient (Wildman–Crippen LogP) is 2.57. The first-order valence-electron chi connectivity index (χ1n) is 4.85. The van der Waals surface area contributed by atoms with Crippen LogP contribution < -0.4 is 10.9 Å². The molecule has 4 nitrogen and oxygen atoms in total. The van der Waals surface area contributed by atoms with Gasteiger partial charge in [0.05, 0.1) is 12.7 Å². The first-order chi connectivity index (χ1) is 7.20. The Morgan fingerprint density at radius 3 is 2.38 bits per heavy atom. The van der Waals surface area contributed by atoms with Crippen molar-refractivity contribution in [1.29, 1.82) is 0 Å². The molecule has 3 N–H and O–H groups in total. The van der Waals surface area contributed by atoms with Crippen LogP contribution in [0.5, 0.6) is 5.88 Å². The van der Waals surface area contributed by atoms with Crippen LogP contribution in [-0.4, -0.2) is 16.9 Å². The van der Waals surface area contributed by atoms with Gasteiger partial charge in [-0.25, -0.2) is 0 Å². The Bertz CT molecular complexity index is 460. The Morgan fingerprint density at radius 1 is 1.19 bits per heavy atom. The third kappa shape index (κ3) is 2.23. The molecular formula is C12H17N3O. The highest BCUT2D eigenvalue weighted by Crippen LogP contribution is 2.28. The quantitative estimate of drug-likeness (QED) is 0.844. The number of rotatable bonds is 2. The number of aryl methyl sites for hydroxylation is 2. The van der Waals surface area contributed by atoms with Crippen molar-refractivity contribution in [3.05, 3.63) is 36.0 Å². The van der Waals surface area contributed by atoms with Crippen LogP contribution in [0.2, 0.25) is 0 Å². The fraction of sp³-hybridized carbons (Fsp3) is 0.250. The predicted molar refractivity (Wildman–Crippen MR) is 65.0 cm³/mol. The van der Waals surface area contributed by atoms with Gasteiger partial charge in [-0.2, -0.15) is 0 Å². The van der Waals surface area contributed by atoms with Crippen LogP contribution >= 0.6 is 0 Å². The van der Waals surface area contributed by atoms with Crippen molar-refractivity contribution in [2.75, 3.05) is 7.11 Å². The molecule has 2 rings (SSSR count). The molecule has 0 atom stereocenters. The van der Waals surface area contributed by atoms with Gasteiger partial charge in [-0.3, -0.25) is 4.68 Å². The molecule has 16 heavy (non-hydrogen) atoms. The molecule has 0 saturated carbocycles. The Balaban J connectivity index is 0.00000128. The van der Waals surface area contributed by atoms with E-state index in [2.05, 4.69) is 36.3 Å². The first-order valence-corrected chi connectivity index (χ1v) is 4.85. The molecule has 0 fully saturated rings. The minimum atomic E-state index is 0. The molecule has 4 heteroatoms. The molecule has 0 bridgehead atoms. The standard InChI is InChI=1S/C12H14N2O.H3N/c1-9-4-6-10(7-5-9)11-8-14(2)13-12(11)15-3;/h4-8H,1-3H3;1H3. The molecule has 1 heterocycles. The van der Waals surface area contributed by atoms with Gasteiger partial charge in [-0.1, -0.05) is 29.8 Å². The Kier molecular flexibility index (Phi) is 3.68. The Labute approximate surface area is 95.4 Å². The molecule has 0 aliphatic rings. The van der Waals surface area contributed by atoms with Gasteiger partial charge in [0.25, 0.3) is 0 Å². The third-order valence-corrected chi connectivity index (χ3v) is 2.35. The van der Waals surface area contributed by atoms with Crippen LogP contribution in [0.15, 0.2) is 30.5 Å². The lowest BCUT2D eigenvalue weighted by Gasteiger charge is -2.00. The van der Waals surface area contributed by atoms with Gasteiger partial charge in [0.2, 0.25) is 5.88 Å². The fourth-order valence-electron chi connectivity index (χ4n) is 1.55. The van der Waals surface area contributed by atoms with Gasteiger partial charge in [0, 0.05) is 13.2 Å². The minimum Gasteiger partial charge on any atom is -0.479 e. The molecule has 0 radical (unpaired) electrons. The van der Waals surface area contributed by atoms with Gasteiger partial charge < -0.3 is 10.9 Å². The average Bonchev–Trinajstić information content (AvgIpc) is 2.61. The monoisotopic (exact) mass is 219 g/mol. The van der Waals surface area contributed by atoms with Gasteiger partial charge >= 0.3 is 0 Å². The van der Waals surface area contributed by atoms with Gasteiger partial charge in [0.1, 0.15) is 0 Å². The van der Waals surface area contributed by atoms with E-state index in [1.807, 2.05) is 13.2 Å². The van der Waals surface area contributed by atoms with E-state index in [9.17, 15) is 0 Å². The molecule has 0 unspecified atom stereocenters. The van der Waals surface area contributed by atoms with E-state index in [1.165, 1.54) is 5.56 Å². The lowest BCUT2D eigenvalue weighted by Crippen LogP contribution is -1.89. The molecule has 1 aromatic carbocycles. The summed E-state index contributed by atoms with van der Waals surface area (Å²) in [5.41, 5.74) is 3.41. The largest absolute Gasteiger partial charge is 0.479 e.